The molecule has 24 heavy (non-hydrogen) atoms. The second kappa shape index (κ2) is 7.96. The van der Waals surface area contributed by atoms with E-state index in [0.29, 0.717) is 0 Å². The number of hydrogen-bond acceptors (Lipinski definition) is 3. The van der Waals surface area contributed by atoms with E-state index >= 15 is 0 Å². The Labute approximate surface area is 154 Å². The Balaban J connectivity index is 2.30. The van der Waals surface area contributed by atoms with Crippen LogP contribution in [0.25, 0.3) is 0 Å². The highest BCUT2D eigenvalue weighted by atomic mass is 35.5. The quantitative estimate of drug-likeness (QED) is 0.706. The summed E-state index contributed by atoms with van der Waals surface area (Å²) < 4.78 is 15.8. The first-order valence-electron chi connectivity index (χ1n) is 8.74. The van der Waals surface area contributed by atoms with Crippen LogP contribution in [-0.4, -0.2) is 27.1 Å². The Bertz CT molecular complexity index is 525. The predicted molar refractivity (Wildman–Crippen MR) is 103 cm³/mol. The van der Waals surface area contributed by atoms with Gasteiger partial charge in [-0.05, 0) is 63.6 Å². The molecule has 0 heterocycles. The van der Waals surface area contributed by atoms with Crippen molar-refractivity contribution in [3.8, 4) is 0 Å². The van der Waals surface area contributed by atoms with Gasteiger partial charge < -0.3 is 9.66 Å². The van der Waals surface area contributed by atoms with Crippen LogP contribution in [0.4, 0.5) is 0 Å². The normalized spacial score (nSPS) is 21.0. The van der Waals surface area contributed by atoms with Crippen LogP contribution >= 0.6 is 11.6 Å². The molecule has 1 aliphatic carbocycles. The first-order chi connectivity index (χ1) is 11.2. The van der Waals surface area contributed by atoms with E-state index in [1.807, 2.05) is 39.8 Å². The van der Waals surface area contributed by atoms with Crippen molar-refractivity contribution >= 4 is 23.0 Å². The van der Waals surface area contributed by atoms with Crippen molar-refractivity contribution in [3.63, 3.8) is 0 Å². The standard InChI is InChI=1S/C19H30ClNO2S/c1-14(13-22)12-17(21-24(23)18(2,3)4)19(10-5-11-19)15-6-8-16(20)9-7-15/h6-9,14,17,21-22H,5,10-13H2,1-4H3/t14-,17+,24-/m1/s1. The third kappa shape index (κ3) is 4.47. The molecule has 1 fully saturated rings. The topological polar surface area (TPSA) is 55.3 Å². The lowest BCUT2D eigenvalue weighted by Crippen LogP contribution is -2.57. The molecule has 1 aromatic carbocycles. The maximum absolute atomic E-state index is 12.7. The fourth-order valence-electron chi connectivity index (χ4n) is 3.35. The zero-order valence-corrected chi connectivity index (χ0v) is 16.7. The first kappa shape index (κ1) is 20.1. The van der Waals surface area contributed by atoms with E-state index in [1.54, 1.807) is 0 Å². The molecular weight excluding hydrogens is 342 g/mol. The average molecular weight is 372 g/mol. The molecule has 136 valence electrons. The third-order valence-electron chi connectivity index (χ3n) is 5.09. The minimum atomic E-state index is -1.14. The zero-order valence-electron chi connectivity index (χ0n) is 15.1. The summed E-state index contributed by atoms with van der Waals surface area (Å²) in [6, 6.07) is 8.14. The van der Waals surface area contributed by atoms with E-state index in [-0.39, 0.29) is 28.7 Å². The third-order valence-corrected chi connectivity index (χ3v) is 6.95. The number of rotatable bonds is 7. The van der Waals surface area contributed by atoms with Crippen LogP contribution in [0, 0.1) is 5.92 Å². The highest BCUT2D eigenvalue weighted by molar-refractivity contribution is 7.90. The molecule has 0 aliphatic heterocycles. The van der Waals surface area contributed by atoms with Crippen LogP contribution < -0.4 is 4.72 Å². The fraction of sp³-hybridized carbons (Fsp3) is 0.684. The molecule has 0 amide bonds. The number of nitrogens with one attached hydrogen (secondary N) is 1. The van der Waals surface area contributed by atoms with Crippen LogP contribution in [0.5, 0.6) is 0 Å². The van der Waals surface area contributed by atoms with E-state index in [2.05, 4.69) is 16.9 Å². The van der Waals surface area contributed by atoms with E-state index in [1.165, 1.54) is 12.0 Å². The Morgan fingerprint density at radius 2 is 1.88 bits per heavy atom. The molecule has 3 atom stereocenters. The van der Waals surface area contributed by atoms with Crippen molar-refractivity contribution in [2.75, 3.05) is 6.61 Å². The number of halogens is 1. The van der Waals surface area contributed by atoms with Gasteiger partial charge in [0, 0.05) is 28.4 Å². The van der Waals surface area contributed by atoms with Crippen molar-refractivity contribution in [1.82, 2.24) is 4.72 Å². The van der Waals surface area contributed by atoms with Gasteiger partial charge in [0.25, 0.3) is 0 Å². The maximum Gasteiger partial charge on any atom is 0.136 e. The van der Waals surface area contributed by atoms with Gasteiger partial charge in [-0.2, -0.15) is 0 Å². The van der Waals surface area contributed by atoms with Crippen LogP contribution in [-0.2, 0) is 16.8 Å². The van der Waals surface area contributed by atoms with Crippen LogP contribution in [0.15, 0.2) is 24.3 Å². The Hall–Kier alpha value is -0.260. The molecule has 2 rings (SSSR count). The van der Waals surface area contributed by atoms with E-state index in [0.717, 1.165) is 24.3 Å². The van der Waals surface area contributed by atoms with Gasteiger partial charge in [0.1, 0.15) is 4.75 Å². The van der Waals surface area contributed by atoms with Crippen LogP contribution in [0.1, 0.15) is 58.9 Å². The largest absolute Gasteiger partial charge is 0.598 e. The van der Waals surface area contributed by atoms with Gasteiger partial charge in [-0.15, -0.1) is 4.72 Å². The molecule has 3 nitrogen and oxygen atoms in total. The van der Waals surface area contributed by atoms with Crippen LogP contribution in [0.3, 0.4) is 0 Å². The second-order valence-corrected chi connectivity index (χ2v) is 10.5. The SMILES string of the molecule is C[C@@H](CO)C[C@H](N[S@+]([O-])C(C)(C)C)C1(c2ccc(Cl)cc2)CCC1. The Kier molecular flexibility index (Phi) is 6.65. The first-order valence-corrected chi connectivity index (χ1v) is 10.3. The summed E-state index contributed by atoms with van der Waals surface area (Å²) in [7, 11) is 0. The van der Waals surface area contributed by atoms with Crippen molar-refractivity contribution in [1.29, 1.82) is 0 Å². The minimum Gasteiger partial charge on any atom is -0.598 e. The molecule has 2 N–H and O–H groups in total. The maximum atomic E-state index is 12.7. The molecule has 0 saturated heterocycles. The average Bonchev–Trinajstić information content (AvgIpc) is 2.46. The second-order valence-electron chi connectivity index (χ2n) is 8.09. The summed E-state index contributed by atoms with van der Waals surface area (Å²) in [5, 5.41) is 10.3. The summed E-state index contributed by atoms with van der Waals surface area (Å²) in [5.41, 5.74) is 1.24. The lowest BCUT2D eigenvalue weighted by Gasteiger charge is -2.49. The molecular formula is C19H30ClNO2S. The summed E-state index contributed by atoms with van der Waals surface area (Å²) in [5.74, 6) is 0.171. The molecule has 0 radical (unpaired) electrons. The number of hydrogen-bond donors (Lipinski definition) is 2. The van der Waals surface area contributed by atoms with E-state index in [9.17, 15) is 9.66 Å². The summed E-state index contributed by atoms with van der Waals surface area (Å²) in [6.07, 6.45) is 4.13. The number of benzene rings is 1. The summed E-state index contributed by atoms with van der Waals surface area (Å²) >= 11 is 4.92. The summed E-state index contributed by atoms with van der Waals surface area (Å²) in [6.45, 7) is 8.15. The van der Waals surface area contributed by atoms with Gasteiger partial charge in [0.05, 0.1) is 6.04 Å². The van der Waals surface area contributed by atoms with Gasteiger partial charge >= 0.3 is 0 Å². The molecule has 1 aliphatic rings. The van der Waals surface area contributed by atoms with Gasteiger partial charge in [-0.1, -0.05) is 37.1 Å². The fourth-order valence-corrected chi connectivity index (χ4v) is 4.41. The molecule has 1 aromatic rings. The zero-order chi connectivity index (χ0) is 18.0. The van der Waals surface area contributed by atoms with Crippen molar-refractivity contribution < 1.29 is 9.66 Å². The molecule has 1 saturated carbocycles. The number of aliphatic hydroxyl groups excluding tert-OH is 1. The van der Waals surface area contributed by atoms with Crippen molar-refractivity contribution in [2.24, 2.45) is 5.92 Å². The van der Waals surface area contributed by atoms with Gasteiger partial charge in [-0.3, -0.25) is 0 Å². The lowest BCUT2D eigenvalue weighted by atomic mass is 9.59. The highest BCUT2D eigenvalue weighted by Crippen LogP contribution is 2.48. The van der Waals surface area contributed by atoms with Gasteiger partial charge in [0.15, 0.2) is 0 Å². The summed E-state index contributed by atoms with van der Waals surface area (Å²) in [4.78, 5) is 0. The molecule has 0 spiro atoms. The van der Waals surface area contributed by atoms with E-state index < -0.39 is 11.4 Å². The molecule has 0 bridgehead atoms. The monoisotopic (exact) mass is 371 g/mol. The highest BCUT2D eigenvalue weighted by Gasteiger charge is 2.48. The Morgan fingerprint density at radius 3 is 2.29 bits per heavy atom. The number of aliphatic hydroxyl groups is 1. The van der Waals surface area contributed by atoms with Gasteiger partial charge in [-0.25, -0.2) is 0 Å². The van der Waals surface area contributed by atoms with Crippen molar-refractivity contribution in [3.05, 3.63) is 34.9 Å². The molecule has 0 aromatic heterocycles. The smallest absolute Gasteiger partial charge is 0.136 e. The predicted octanol–water partition coefficient (Wildman–Crippen LogP) is 4.20. The Morgan fingerprint density at radius 1 is 1.29 bits per heavy atom. The van der Waals surface area contributed by atoms with Crippen molar-refractivity contribution in [2.45, 2.75) is 69.6 Å². The van der Waals surface area contributed by atoms with E-state index in [4.69, 9.17) is 11.6 Å². The van der Waals surface area contributed by atoms with Crippen LogP contribution in [0.2, 0.25) is 5.02 Å². The lowest BCUT2D eigenvalue weighted by molar-refractivity contribution is 0.144. The minimum absolute atomic E-state index is 0.0189. The molecule has 5 heteroatoms. The molecule has 0 unspecified atom stereocenters. The van der Waals surface area contributed by atoms with Gasteiger partial charge in [0.2, 0.25) is 0 Å².